The van der Waals surface area contributed by atoms with E-state index in [0.29, 0.717) is 28.5 Å². The summed E-state index contributed by atoms with van der Waals surface area (Å²) in [7, 11) is 0. The molecule has 2 aromatic carbocycles. The number of amides is 2. The minimum atomic E-state index is -0.429. The quantitative estimate of drug-likeness (QED) is 0.234. The Morgan fingerprint density at radius 1 is 1.09 bits per heavy atom. The van der Waals surface area contributed by atoms with Crippen molar-refractivity contribution in [3.8, 4) is 17.1 Å². The number of ether oxygens (including phenoxy) is 1. The third-order valence-electron chi connectivity index (χ3n) is 5.03. The van der Waals surface area contributed by atoms with Crippen molar-refractivity contribution in [1.82, 2.24) is 25.6 Å². The van der Waals surface area contributed by atoms with E-state index in [1.807, 2.05) is 31.2 Å². The lowest BCUT2D eigenvalue weighted by atomic mass is 10.1. The zero-order chi connectivity index (χ0) is 23.6. The van der Waals surface area contributed by atoms with Crippen molar-refractivity contribution >= 4 is 24.0 Å². The lowest BCUT2D eigenvalue weighted by Gasteiger charge is -2.10. The first kappa shape index (κ1) is 24.2. The molecule has 0 aliphatic heterocycles. The Morgan fingerprint density at radius 3 is 2.61 bits per heavy atom. The van der Waals surface area contributed by atoms with E-state index in [4.69, 9.17) is 17.0 Å². The Kier molecular flexibility index (Phi) is 8.77. The molecule has 1 aromatic heterocycles. The number of aromatic nitrogens is 3. The van der Waals surface area contributed by atoms with Crippen LogP contribution in [0, 0.1) is 11.7 Å². The minimum Gasteiger partial charge on any atom is -0.494 e. The van der Waals surface area contributed by atoms with Gasteiger partial charge in [0.05, 0.1) is 6.61 Å². The van der Waals surface area contributed by atoms with E-state index in [9.17, 15) is 9.59 Å². The fraction of sp³-hybridized carbons (Fsp3) is 0.333. The summed E-state index contributed by atoms with van der Waals surface area (Å²) >= 11 is 5.27. The monoisotopic (exact) mass is 467 g/mol. The average molecular weight is 468 g/mol. The summed E-state index contributed by atoms with van der Waals surface area (Å²) in [5, 5.41) is 6.95. The maximum Gasteiger partial charge on any atom is 0.269 e. The predicted octanol–water partition coefficient (Wildman–Crippen LogP) is 4.34. The van der Waals surface area contributed by atoms with Gasteiger partial charge in [-0.25, -0.2) is 0 Å². The van der Waals surface area contributed by atoms with Crippen LogP contribution in [0.1, 0.15) is 48.5 Å². The highest BCUT2D eigenvalue weighted by Crippen LogP contribution is 2.18. The number of carbonyl (C=O) groups excluding carboxylic acids is 2. The highest BCUT2D eigenvalue weighted by Gasteiger charge is 2.14. The molecule has 3 aromatic rings. The third-order valence-corrected chi connectivity index (χ3v) is 5.35. The largest absolute Gasteiger partial charge is 0.494 e. The average Bonchev–Trinajstić information content (AvgIpc) is 3.17. The first-order chi connectivity index (χ1) is 16.0. The molecule has 0 aliphatic carbocycles. The van der Waals surface area contributed by atoms with Gasteiger partial charge in [0.2, 0.25) is 0 Å². The first-order valence-electron chi connectivity index (χ1n) is 11.0. The van der Waals surface area contributed by atoms with Crippen LogP contribution >= 0.6 is 12.2 Å². The second kappa shape index (κ2) is 12.0. The summed E-state index contributed by atoms with van der Waals surface area (Å²) in [6.07, 6.45) is 4.54. The molecule has 0 saturated carbocycles. The second-order valence-electron chi connectivity index (χ2n) is 7.74. The van der Waals surface area contributed by atoms with Gasteiger partial charge in [-0.2, -0.15) is 5.10 Å². The van der Waals surface area contributed by atoms with Crippen LogP contribution in [0.2, 0.25) is 0 Å². The van der Waals surface area contributed by atoms with Gasteiger partial charge in [0.15, 0.2) is 10.6 Å². The van der Waals surface area contributed by atoms with Gasteiger partial charge in [-0.1, -0.05) is 49.9 Å². The van der Waals surface area contributed by atoms with E-state index in [1.165, 1.54) is 12.8 Å². The number of unbranched alkanes of at least 4 members (excludes halogenated alkanes) is 3. The van der Waals surface area contributed by atoms with Gasteiger partial charge in [0, 0.05) is 11.1 Å². The van der Waals surface area contributed by atoms with Crippen LogP contribution in [0.3, 0.4) is 0 Å². The number of aryl methyl sites for hydroxylation is 1. The lowest BCUT2D eigenvalue weighted by Crippen LogP contribution is -2.43. The topological polar surface area (TPSA) is 101 Å². The first-order valence-corrected chi connectivity index (χ1v) is 11.4. The molecular weight excluding hydrogens is 438 g/mol. The van der Waals surface area contributed by atoms with Gasteiger partial charge in [-0.3, -0.25) is 30.1 Å². The minimum absolute atomic E-state index is 0.0936. The normalized spacial score (nSPS) is 10.6. The Balaban J connectivity index is 1.52. The van der Waals surface area contributed by atoms with Crippen molar-refractivity contribution in [3.05, 3.63) is 64.4 Å². The molecule has 0 fully saturated rings. The molecule has 33 heavy (non-hydrogen) atoms. The van der Waals surface area contributed by atoms with Crippen LogP contribution in [-0.4, -0.2) is 33.2 Å². The Bertz CT molecular complexity index is 1140. The van der Waals surface area contributed by atoms with Gasteiger partial charge in [0.25, 0.3) is 11.8 Å². The zero-order valence-electron chi connectivity index (χ0n) is 18.9. The highest BCUT2D eigenvalue weighted by molar-refractivity contribution is 7.71. The fourth-order valence-electron chi connectivity index (χ4n) is 3.27. The Morgan fingerprint density at radius 2 is 1.88 bits per heavy atom. The van der Waals surface area contributed by atoms with Crippen LogP contribution in [0.5, 0.6) is 5.75 Å². The molecule has 0 unspecified atom stereocenters. The number of hydrazine groups is 1. The van der Waals surface area contributed by atoms with Crippen LogP contribution in [-0.2, 0) is 11.3 Å². The summed E-state index contributed by atoms with van der Waals surface area (Å²) in [5.74, 6) is 0.412. The number of H-pyrrole nitrogens is 1. The van der Waals surface area contributed by atoms with Crippen molar-refractivity contribution in [2.75, 3.05) is 6.61 Å². The molecule has 1 heterocycles. The van der Waals surface area contributed by atoms with Crippen molar-refractivity contribution in [2.24, 2.45) is 0 Å². The summed E-state index contributed by atoms with van der Waals surface area (Å²) in [6.45, 7) is 4.71. The number of nitrogens with zero attached hydrogens (tertiary/aromatic N) is 2. The molecule has 8 nitrogen and oxygen atoms in total. The van der Waals surface area contributed by atoms with Gasteiger partial charge < -0.3 is 4.74 Å². The maximum absolute atomic E-state index is 12.4. The highest BCUT2D eigenvalue weighted by atomic mass is 32.1. The summed E-state index contributed by atoms with van der Waals surface area (Å²) < 4.78 is 7.59. The molecule has 0 radical (unpaired) electrons. The predicted molar refractivity (Wildman–Crippen MR) is 129 cm³/mol. The second-order valence-corrected chi connectivity index (χ2v) is 8.13. The standard InChI is InChI=1S/C24H29N5O3S/c1-3-4-5-6-14-32-20-12-10-18(11-13-20)23(31)27-25-21(30)16-29-22(26-28-24(29)33)19-9-7-8-17(2)15-19/h7-13,15H,3-6,14,16H2,1-2H3,(H,25,30)(H,27,31)(H,28,33). The molecule has 0 aliphatic rings. The molecule has 3 N–H and O–H groups in total. The van der Waals surface area contributed by atoms with Gasteiger partial charge >= 0.3 is 0 Å². The Hall–Kier alpha value is -3.46. The number of benzene rings is 2. The fourth-order valence-corrected chi connectivity index (χ4v) is 3.47. The lowest BCUT2D eigenvalue weighted by molar-refractivity contribution is -0.122. The van der Waals surface area contributed by atoms with Crippen molar-refractivity contribution in [1.29, 1.82) is 0 Å². The van der Waals surface area contributed by atoms with Crippen molar-refractivity contribution in [3.63, 3.8) is 0 Å². The summed E-state index contributed by atoms with van der Waals surface area (Å²) in [6, 6.07) is 14.5. The summed E-state index contributed by atoms with van der Waals surface area (Å²) in [5.41, 5.74) is 7.17. The van der Waals surface area contributed by atoms with Crippen molar-refractivity contribution < 1.29 is 14.3 Å². The molecule has 3 rings (SSSR count). The number of hydrogen-bond acceptors (Lipinski definition) is 5. The van der Waals surface area contributed by atoms with E-state index in [2.05, 4.69) is 28.0 Å². The van der Waals surface area contributed by atoms with E-state index < -0.39 is 11.8 Å². The van der Waals surface area contributed by atoms with E-state index in [1.54, 1.807) is 28.8 Å². The molecule has 9 heteroatoms. The molecule has 0 atom stereocenters. The molecular formula is C24H29N5O3S. The number of carbonyl (C=O) groups is 2. The van der Waals surface area contributed by atoms with Crippen LogP contribution in [0.25, 0.3) is 11.4 Å². The maximum atomic E-state index is 12.4. The SMILES string of the molecule is CCCCCCOc1ccc(C(=O)NNC(=O)Cn2c(-c3cccc(C)c3)n[nH]c2=S)cc1. The van der Waals surface area contributed by atoms with Gasteiger partial charge in [0.1, 0.15) is 12.3 Å². The van der Waals surface area contributed by atoms with Crippen LogP contribution in [0.15, 0.2) is 48.5 Å². The molecule has 2 amide bonds. The van der Waals surface area contributed by atoms with E-state index >= 15 is 0 Å². The Labute approximate surface area is 198 Å². The molecule has 174 valence electrons. The molecule has 0 spiro atoms. The van der Waals surface area contributed by atoms with Crippen LogP contribution in [0.4, 0.5) is 0 Å². The van der Waals surface area contributed by atoms with Crippen molar-refractivity contribution in [2.45, 2.75) is 46.1 Å². The zero-order valence-corrected chi connectivity index (χ0v) is 19.7. The number of aromatic amines is 1. The van der Waals surface area contributed by atoms with E-state index in [0.717, 1.165) is 24.0 Å². The smallest absolute Gasteiger partial charge is 0.269 e. The van der Waals surface area contributed by atoms with Crippen LogP contribution < -0.4 is 15.6 Å². The third kappa shape index (κ3) is 7.01. The molecule has 0 bridgehead atoms. The van der Waals surface area contributed by atoms with Gasteiger partial charge in [-0.05, 0) is 55.9 Å². The summed E-state index contributed by atoms with van der Waals surface area (Å²) in [4.78, 5) is 24.8. The molecule has 0 saturated heterocycles. The van der Waals surface area contributed by atoms with Gasteiger partial charge in [-0.15, -0.1) is 0 Å². The number of hydrogen-bond donors (Lipinski definition) is 3. The number of nitrogens with one attached hydrogen (secondary N) is 3. The van der Waals surface area contributed by atoms with E-state index in [-0.39, 0.29) is 6.54 Å². The number of rotatable bonds is 10.